The van der Waals surface area contributed by atoms with E-state index >= 15 is 0 Å². The van der Waals surface area contributed by atoms with Crippen molar-refractivity contribution in [3.05, 3.63) is 42.0 Å². The first-order valence-corrected chi connectivity index (χ1v) is 6.75. The molecule has 5 heteroatoms. The first-order valence-electron chi connectivity index (χ1n) is 5.93. The van der Waals surface area contributed by atoms with Crippen LogP contribution in [0.25, 0.3) is 20.2 Å². The Balaban J connectivity index is 0.00000147. The first kappa shape index (κ1) is 15.9. The number of anilines is 1. The SMILES string of the molecule is CN(C)c1ccc2c(c1)sc1cc(C(=O)O)ccc12.[KH]. The van der Waals surface area contributed by atoms with Gasteiger partial charge >= 0.3 is 57.4 Å². The summed E-state index contributed by atoms with van der Waals surface area (Å²) >= 11 is 1.63. The molecule has 20 heavy (non-hydrogen) atoms. The van der Waals surface area contributed by atoms with Crippen molar-refractivity contribution in [2.24, 2.45) is 0 Å². The third kappa shape index (κ3) is 2.79. The zero-order valence-corrected chi connectivity index (χ0v) is 11.5. The molecule has 0 aliphatic rings. The van der Waals surface area contributed by atoms with Crippen molar-refractivity contribution in [1.29, 1.82) is 0 Å². The molecular formula is C15H14KNO2S. The molecule has 1 aromatic heterocycles. The second-order valence-corrected chi connectivity index (χ2v) is 5.78. The molecule has 0 saturated carbocycles. The number of carboxylic acid groups (broad SMARTS) is 1. The van der Waals surface area contributed by atoms with E-state index in [9.17, 15) is 4.79 Å². The van der Waals surface area contributed by atoms with Gasteiger partial charge in [-0.25, -0.2) is 4.79 Å². The van der Waals surface area contributed by atoms with E-state index in [1.807, 2.05) is 20.2 Å². The molecule has 0 aliphatic heterocycles. The molecule has 0 aliphatic carbocycles. The fraction of sp³-hybridized carbons (Fsp3) is 0.133. The summed E-state index contributed by atoms with van der Waals surface area (Å²) in [6.07, 6.45) is 0. The Morgan fingerprint density at radius 1 is 1.05 bits per heavy atom. The van der Waals surface area contributed by atoms with Crippen molar-refractivity contribution in [1.82, 2.24) is 0 Å². The summed E-state index contributed by atoms with van der Waals surface area (Å²) in [4.78, 5) is 13.1. The van der Waals surface area contributed by atoms with Crippen LogP contribution in [0, 0.1) is 0 Å². The van der Waals surface area contributed by atoms with Crippen LogP contribution in [0.4, 0.5) is 5.69 Å². The maximum absolute atomic E-state index is 11.0. The molecule has 0 atom stereocenters. The minimum atomic E-state index is -0.881. The Bertz CT molecular complexity index is 795. The van der Waals surface area contributed by atoms with E-state index in [1.54, 1.807) is 23.5 Å². The van der Waals surface area contributed by atoms with E-state index in [-0.39, 0.29) is 51.4 Å². The van der Waals surface area contributed by atoms with Crippen LogP contribution in [-0.4, -0.2) is 76.6 Å². The van der Waals surface area contributed by atoms with Crippen LogP contribution in [0.1, 0.15) is 10.4 Å². The van der Waals surface area contributed by atoms with Crippen molar-refractivity contribution in [2.45, 2.75) is 0 Å². The molecule has 0 fully saturated rings. The Labute approximate surface area is 163 Å². The average molecular weight is 311 g/mol. The molecule has 1 heterocycles. The maximum atomic E-state index is 11.0. The van der Waals surface area contributed by atoms with Gasteiger partial charge in [0.25, 0.3) is 0 Å². The molecule has 0 bridgehead atoms. The van der Waals surface area contributed by atoms with E-state index in [2.05, 4.69) is 23.1 Å². The predicted octanol–water partition coefficient (Wildman–Crippen LogP) is 3.17. The number of rotatable bonds is 2. The number of nitrogens with zero attached hydrogens (tertiary/aromatic N) is 1. The summed E-state index contributed by atoms with van der Waals surface area (Å²) in [6.45, 7) is 0. The van der Waals surface area contributed by atoms with Crippen LogP contribution in [0.3, 0.4) is 0 Å². The van der Waals surface area contributed by atoms with Crippen LogP contribution in [-0.2, 0) is 0 Å². The second-order valence-electron chi connectivity index (χ2n) is 4.69. The van der Waals surface area contributed by atoms with Crippen LogP contribution in [0.15, 0.2) is 36.4 Å². The van der Waals surface area contributed by atoms with Gasteiger partial charge in [-0.1, -0.05) is 12.1 Å². The monoisotopic (exact) mass is 311 g/mol. The normalized spacial score (nSPS) is 10.5. The van der Waals surface area contributed by atoms with Gasteiger partial charge in [-0.3, -0.25) is 0 Å². The van der Waals surface area contributed by atoms with Crippen molar-refractivity contribution < 1.29 is 9.90 Å². The van der Waals surface area contributed by atoms with Gasteiger partial charge in [-0.15, -0.1) is 11.3 Å². The van der Waals surface area contributed by atoms with Crippen molar-refractivity contribution in [3.63, 3.8) is 0 Å². The van der Waals surface area contributed by atoms with Gasteiger partial charge in [0.2, 0.25) is 0 Å². The predicted molar refractivity (Wildman–Crippen MR) is 87.8 cm³/mol. The Morgan fingerprint density at radius 3 is 2.25 bits per heavy atom. The Morgan fingerprint density at radius 2 is 1.65 bits per heavy atom. The Hall–Kier alpha value is -0.434. The molecule has 0 unspecified atom stereocenters. The van der Waals surface area contributed by atoms with Crippen LogP contribution in [0.2, 0.25) is 0 Å². The second kappa shape index (κ2) is 6.13. The van der Waals surface area contributed by atoms with Gasteiger partial charge in [0.15, 0.2) is 0 Å². The van der Waals surface area contributed by atoms with Gasteiger partial charge in [-0.05, 0) is 24.3 Å². The van der Waals surface area contributed by atoms with E-state index in [0.717, 1.165) is 15.8 Å². The van der Waals surface area contributed by atoms with Crippen molar-refractivity contribution in [3.8, 4) is 0 Å². The molecule has 0 saturated heterocycles. The molecule has 3 aromatic rings. The van der Waals surface area contributed by atoms with E-state index in [4.69, 9.17) is 5.11 Å². The van der Waals surface area contributed by atoms with Gasteiger partial charge in [0.05, 0.1) is 5.56 Å². The molecule has 3 nitrogen and oxygen atoms in total. The summed E-state index contributed by atoms with van der Waals surface area (Å²) in [6, 6.07) is 11.6. The summed E-state index contributed by atoms with van der Waals surface area (Å²) in [5.41, 5.74) is 1.49. The minimum absolute atomic E-state index is 0. The molecule has 1 N–H and O–H groups in total. The van der Waals surface area contributed by atoms with E-state index < -0.39 is 5.97 Å². The molecule has 3 rings (SSSR count). The Kier molecular flexibility index (Phi) is 4.89. The average Bonchev–Trinajstić information content (AvgIpc) is 2.74. The van der Waals surface area contributed by atoms with E-state index in [0.29, 0.717) is 5.56 Å². The van der Waals surface area contributed by atoms with Gasteiger partial charge < -0.3 is 10.0 Å². The quantitative estimate of drug-likeness (QED) is 0.739. The van der Waals surface area contributed by atoms with Crippen LogP contribution < -0.4 is 4.90 Å². The summed E-state index contributed by atoms with van der Waals surface area (Å²) in [7, 11) is 4.02. The third-order valence-electron chi connectivity index (χ3n) is 3.22. The van der Waals surface area contributed by atoms with Gasteiger partial charge in [0, 0.05) is 40.0 Å². The zero-order chi connectivity index (χ0) is 13.6. The molecule has 0 radical (unpaired) electrons. The van der Waals surface area contributed by atoms with Crippen LogP contribution >= 0.6 is 11.3 Å². The summed E-state index contributed by atoms with van der Waals surface area (Å²) < 4.78 is 2.20. The van der Waals surface area contributed by atoms with Crippen LogP contribution in [0.5, 0.6) is 0 Å². The fourth-order valence-electron chi connectivity index (χ4n) is 2.18. The molecule has 2 aromatic carbocycles. The van der Waals surface area contributed by atoms with Gasteiger partial charge in [0.1, 0.15) is 0 Å². The summed E-state index contributed by atoms with van der Waals surface area (Å²) in [5, 5.41) is 11.3. The standard InChI is InChI=1S/C15H13NO2S.K.H/c1-16(2)10-4-6-12-11-5-3-9(15(17)18)7-13(11)19-14(12)8-10;;/h3-8H,1-2H3,(H,17,18);;. The number of hydrogen-bond acceptors (Lipinski definition) is 3. The number of benzene rings is 2. The number of carboxylic acids is 1. The number of fused-ring (bicyclic) bond motifs is 3. The summed E-state index contributed by atoms with van der Waals surface area (Å²) in [5.74, 6) is -0.881. The number of carbonyl (C=O) groups is 1. The van der Waals surface area contributed by atoms with Crippen molar-refractivity contribution >= 4 is 94.6 Å². The van der Waals surface area contributed by atoms with Crippen molar-refractivity contribution in [2.75, 3.05) is 19.0 Å². The molecule has 98 valence electrons. The number of thiophene rings is 1. The third-order valence-corrected chi connectivity index (χ3v) is 4.34. The molecular weight excluding hydrogens is 297 g/mol. The van der Waals surface area contributed by atoms with E-state index in [1.165, 1.54) is 10.1 Å². The molecule has 0 amide bonds. The molecule has 0 spiro atoms. The number of aromatic carboxylic acids is 1. The fourth-order valence-corrected chi connectivity index (χ4v) is 3.36. The number of hydrogen-bond donors (Lipinski definition) is 1. The topological polar surface area (TPSA) is 40.5 Å². The first-order chi connectivity index (χ1) is 9.06. The zero-order valence-electron chi connectivity index (χ0n) is 10.7. The van der Waals surface area contributed by atoms with Gasteiger partial charge in [-0.2, -0.15) is 0 Å².